The van der Waals surface area contributed by atoms with Crippen LogP contribution in [0.1, 0.15) is 38.2 Å². The van der Waals surface area contributed by atoms with Gasteiger partial charge in [-0.05, 0) is 68.2 Å². The molecule has 1 amide bonds. The number of fused-ring (bicyclic) bond motifs is 2. The normalized spacial score (nSPS) is 24.5. The van der Waals surface area contributed by atoms with Crippen LogP contribution in [0.25, 0.3) is 0 Å². The SMILES string of the molecule is C[C@@H](NC(=O)COC(=O)COc1ccc(C#N)cc1)[C@H]1C[C@H]2CC[C@H]1C2. The molecule has 2 aliphatic rings. The molecule has 1 N–H and O–H groups in total. The van der Waals surface area contributed by atoms with E-state index in [1.165, 1.54) is 25.7 Å². The number of hydrogen-bond donors (Lipinski definition) is 1. The zero-order valence-corrected chi connectivity index (χ0v) is 14.9. The maximum absolute atomic E-state index is 12.0. The van der Waals surface area contributed by atoms with Crippen LogP contribution in [0.5, 0.6) is 5.75 Å². The van der Waals surface area contributed by atoms with Gasteiger partial charge in [0.2, 0.25) is 0 Å². The molecule has 2 fully saturated rings. The Bertz CT molecular complexity index is 695. The van der Waals surface area contributed by atoms with E-state index in [4.69, 9.17) is 14.7 Å². The first-order valence-corrected chi connectivity index (χ1v) is 9.13. The summed E-state index contributed by atoms with van der Waals surface area (Å²) in [6.07, 6.45) is 5.10. The molecule has 4 atom stereocenters. The number of nitriles is 1. The number of carbonyl (C=O) groups excluding carboxylic acids is 2. The van der Waals surface area contributed by atoms with E-state index in [1.54, 1.807) is 24.3 Å². The van der Waals surface area contributed by atoms with Crippen molar-refractivity contribution in [2.24, 2.45) is 17.8 Å². The molecule has 1 aromatic rings. The molecular weight excluding hydrogens is 332 g/mol. The quantitative estimate of drug-likeness (QED) is 0.758. The van der Waals surface area contributed by atoms with Crippen LogP contribution in [0.3, 0.4) is 0 Å². The molecule has 0 radical (unpaired) electrons. The van der Waals surface area contributed by atoms with E-state index in [0.717, 1.165) is 11.8 Å². The summed E-state index contributed by atoms with van der Waals surface area (Å²) in [5.41, 5.74) is 0.515. The van der Waals surface area contributed by atoms with Gasteiger partial charge in [-0.2, -0.15) is 5.26 Å². The third-order valence-corrected chi connectivity index (χ3v) is 5.53. The van der Waals surface area contributed by atoms with E-state index in [-0.39, 0.29) is 25.2 Å². The van der Waals surface area contributed by atoms with Crippen LogP contribution in [0.4, 0.5) is 0 Å². The zero-order valence-electron chi connectivity index (χ0n) is 14.9. The fourth-order valence-electron chi connectivity index (χ4n) is 4.26. The lowest BCUT2D eigenvalue weighted by Gasteiger charge is -2.28. The summed E-state index contributed by atoms with van der Waals surface area (Å²) in [6.45, 7) is 1.47. The molecule has 138 valence electrons. The molecule has 0 aromatic heterocycles. The molecule has 0 unspecified atom stereocenters. The molecule has 0 saturated heterocycles. The van der Waals surface area contributed by atoms with E-state index in [1.807, 2.05) is 13.0 Å². The highest BCUT2D eigenvalue weighted by Crippen LogP contribution is 2.49. The van der Waals surface area contributed by atoms with Gasteiger partial charge < -0.3 is 14.8 Å². The minimum atomic E-state index is -0.600. The summed E-state index contributed by atoms with van der Waals surface area (Å²) in [5, 5.41) is 11.7. The zero-order chi connectivity index (χ0) is 18.5. The fourth-order valence-corrected chi connectivity index (χ4v) is 4.26. The van der Waals surface area contributed by atoms with Crippen LogP contribution in [-0.2, 0) is 14.3 Å². The molecule has 2 bridgehead atoms. The van der Waals surface area contributed by atoms with Gasteiger partial charge >= 0.3 is 5.97 Å². The third-order valence-electron chi connectivity index (χ3n) is 5.53. The molecule has 1 aromatic carbocycles. The van der Waals surface area contributed by atoms with Crippen molar-refractivity contribution in [3.63, 3.8) is 0 Å². The topological polar surface area (TPSA) is 88.4 Å². The fraction of sp³-hybridized carbons (Fsp3) is 0.550. The van der Waals surface area contributed by atoms with Gasteiger partial charge in [0.05, 0.1) is 11.6 Å². The average molecular weight is 356 g/mol. The molecule has 26 heavy (non-hydrogen) atoms. The molecule has 3 rings (SSSR count). The van der Waals surface area contributed by atoms with Gasteiger partial charge in [-0.25, -0.2) is 4.79 Å². The number of carbonyl (C=O) groups is 2. The van der Waals surface area contributed by atoms with Gasteiger partial charge in [0.1, 0.15) is 5.75 Å². The Morgan fingerprint density at radius 2 is 2.00 bits per heavy atom. The number of hydrogen-bond acceptors (Lipinski definition) is 5. The van der Waals surface area contributed by atoms with Crippen molar-refractivity contribution >= 4 is 11.9 Å². The monoisotopic (exact) mass is 356 g/mol. The van der Waals surface area contributed by atoms with Crippen LogP contribution in [0, 0.1) is 29.1 Å². The van der Waals surface area contributed by atoms with E-state index in [0.29, 0.717) is 17.2 Å². The minimum Gasteiger partial charge on any atom is -0.482 e. The van der Waals surface area contributed by atoms with Crippen molar-refractivity contribution in [1.29, 1.82) is 5.26 Å². The molecule has 0 heterocycles. The van der Waals surface area contributed by atoms with E-state index < -0.39 is 5.97 Å². The summed E-state index contributed by atoms with van der Waals surface area (Å²) in [6, 6.07) is 8.54. The van der Waals surface area contributed by atoms with E-state index in [2.05, 4.69) is 5.32 Å². The van der Waals surface area contributed by atoms with Crippen molar-refractivity contribution in [2.45, 2.75) is 38.6 Å². The number of nitrogens with one attached hydrogen (secondary N) is 1. The summed E-state index contributed by atoms with van der Waals surface area (Å²) in [4.78, 5) is 23.7. The smallest absolute Gasteiger partial charge is 0.344 e. The van der Waals surface area contributed by atoms with Gasteiger partial charge in [0.15, 0.2) is 13.2 Å². The van der Waals surface area contributed by atoms with Crippen LogP contribution in [0.2, 0.25) is 0 Å². The standard InChI is InChI=1S/C20H24N2O4/c1-13(18-9-15-2-5-16(18)8-15)22-19(23)11-26-20(24)12-25-17-6-3-14(10-21)4-7-17/h3-4,6-7,13,15-16,18H,2,5,8-9,11-12H2,1H3,(H,22,23)/t13-,15+,16+,18-/m1/s1. The van der Waals surface area contributed by atoms with Crippen LogP contribution >= 0.6 is 0 Å². The Morgan fingerprint density at radius 1 is 1.23 bits per heavy atom. The summed E-state index contributed by atoms with van der Waals surface area (Å²) >= 11 is 0. The first kappa shape index (κ1) is 18.2. The lowest BCUT2D eigenvalue weighted by Crippen LogP contribution is -2.42. The lowest BCUT2D eigenvalue weighted by atomic mass is 9.84. The number of esters is 1. The molecule has 2 aliphatic carbocycles. The molecule has 2 saturated carbocycles. The average Bonchev–Trinajstić information content (AvgIpc) is 3.28. The second kappa shape index (κ2) is 8.22. The highest BCUT2D eigenvalue weighted by atomic mass is 16.6. The molecule has 0 spiro atoms. The number of benzene rings is 1. The highest BCUT2D eigenvalue weighted by molar-refractivity contribution is 5.81. The Balaban J connectivity index is 1.34. The van der Waals surface area contributed by atoms with E-state index >= 15 is 0 Å². The van der Waals surface area contributed by atoms with Gasteiger partial charge in [-0.1, -0.05) is 6.42 Å². The van der Waals surface area contributed by atoms with Crippen LogP contribution in [0.15, 0.2) is 24.3 Å². The molecule has 6 nitrogen and oxygen atoms in total. The minimum absolute atomic E-state index is 0.117. The predicted octanol–water partition coefficient (Wildman–Crippen LogP) is 2.42. The Kier molecular flexibility index (Phi) is 5.77. The van der Waals surface area contributed by atoms with Crippen molar-refractivity contribution in [2.75, 3.05) is 13.2 Å². The van der Waals surface area contributed by atoms with Crippen molar-refractivity contribution < 1.29 is 19.1 Å². The van der Waals surface area contributed by atoms with Crippen molar-refractivity contribution in [1.82, 2.24) is 5.32 Å². The number of ether oxygens (including phenoxy) is 2. The highest BCUT2D eigenvalue weighted by Gasteiger charge is 2.42. The maximum atomic E-state index is 12.0. The summed E-state index contributed by atoms with van der Waals surface area (Å²) in [7, 11) is 0. The second-order valence-corrected chi connectivity index (χ2v) is 7.28. The Labute approximate surface area is 153 Å². The van der Waals surface area contributed by atoms with Crippen LogP contribution < -0.4 is 10.1 Å². The molecule has 6 heteroatoms. The van der Waals surface area contributed by atoms with Gasteiger partial charge in [-0.3, -0.25) is 4.79 Å². The van der Waals surface area contributed by atoms with Crippen molar-refractivity contribution in [3.05, 3.63) is 29.8 Å². The largest absolute Gasteiger partial charge is 0.482 e. The molecular formula is C20H24N2O4. The maximum Gasteiger partial charge on any atom is 0.344 e. The first-order chi connectivity index (χ1) is 12.5. The van der Waals surface area contributed by atoms with Crippen molar-refractivity contribution in [3.8, 4) is 11.8 Å². The van der Waals surface area contributed by atoms with Gasteiger partial charge in [0.25, 0.3) is 5.91 Å². The van der Waals surface area contributed by atoms with Gasteiger partial charge in [0, 0.05) is 6.04 Å². The molecule has 0 aliphatic heterocycles. The first-order valence-electron chi connectivity index (χ1n) is 9.13. The second-order valence-electron chi connectivity index (χ2n) is 7.28. The Morgan fingerprint density at radius 3 is 2.62 bits per heavy atom. The van der Waals surface area contributed by atoms with E-state index in [9.17, 15) is 9.59 Å². The third kappa shape index (κ3) is 4.54. The number of rotatable bonds is 7. The number of nitrogens with zero attached hydrogens (tertiary/aromatic N) is 1. The summed E-state index contributed by atoms with van der Waals surface area (Å²) in [5.74, 6) is 1.72. The summed E-state index contributed by atoms with van der Waals surface area (Å²) < 4.78 is 10.2. The van der Waals surface area contributed by atoms with Gasteiger partial charge in [-0.15, -0.1) is 0 Å². The Hall–Kier alpha value is -2.55. The number of amides is 1. The predicted molar refractivity (Wildman–Crippen MR) is 94.2 cm³/mol. The lowest BCUT2D eigenvalue weighted by molar-refractivity contribution is -0.150. The van der Waals surface area contributed by atoms with Crippen LogP contribution in [-0.4, -0.2) is 31.1 Å².